The van der Waals surface area contributed by atoms with Crippen molar-refractivity contribution in [3.63, 3.8) is 0 Å². The number of ether oxygens (including phenoxy) is 1. The minimum absolute atomic E-state index is 0.0666. The van der Waals surface area contributed by atoms with Gasteiger partial charge in [0.1, 0.15) is 5.75 Å². The second-order valence-electron chi connectivity index (χ2n) is 5.02. The summed E-state index contributed by atoms with van der Waals surface area (Å²) in [7, 11) is 1.68. The van der Waals surface area contributed by atoms with Gasteiger partial charge >= 0.3 is 0 Å². The second kappa shape index (κ2) is 7.53. The maximum absolute atomic E-state index is 9.39. The van der Waals surface area contributed by atoms with E-state index in [0.29, 0.717) is 0 Å². The number of thioether (sulfide) groups is 1. The third-order valence-electron chi connectivity index (χ3n) is 3.93. The fraction of sp³-hybridized carbons (Fsp3) is 0.471. The number of hydrogen-bond donors (Lipinski definition) is 0. The highest BCUT2D eigenvalue weighted by Gasteiger charge is 2.29. The van der Waals surface area contributed by atoms with Crippen molar-refractivity contribution in [3.05, 3.63) is 35.9 Å². The Balaban J connectivity index is 2.28. The third kappa shape index (κ3) is 3.61. The average molecular weight is 302 g/mol. The SMILES string of the molecule is CCN(CC)C1C=C(c2ccc(OC)cc2)SCC1C#N. The molecule has 1 heterocycles. The Kier molecular flexibility index (Phi) is 5.72. The molecule has 0 saturated carbocycles. The molecular formula is C17H22N2OS. The molecule has 0 aliphatic carbocycles. The molecule has 0 aromatic heterocycles. The van der Waals surface area contributed by atoms with Gasteiger partial charge in [-0.1, -0.05) is 32.1 Å². The molecule has 1 aromatic rings. The van der Waals surface area contributed by atoms with Crippen LogP contribution in [0.2, 0.25) is 0 Å². The number of likely N-dealkylation sites (N-methyl/N-ethyl adjacent to an activating group) is 1. The summed E-state index contributed by atoms with van der Waals surface area (Å²) in [6, 6.07) is 10.8. The highest BCUT2D eigenvalue weighted by Crippen LogP contribution is 2.37. The lowest BCUT2D eigenvalue weighted by Crippen LogP contribution is -2.41. The zero-order chi connectivity index (χ0) is 15.2. The van der Waals surface area contributed by atoms with Crippen LogP contribution in [0.1, 0.15) is 19.4 Å². The van der Waals surface area contributed by atoms with E-state index in [0.717, 1.165) is 24.6 Å². The van der Waals surface area contributed by atoms with E-state index >= 15 is 0 Å². The first kappa shape index (κ1) is 15.9. The van der Waals surface area contributed by atoms with Crippen molar-refractivity contribution in [2.24, 2.45) is 5.92 Å². The standard InChI is InChI=1S/C17H22N2OS/c1-4-19(5-2)16-10-17(21-12-14(16)11-18)13-6-8-15(20-3)9-7-13/h6-10,14,16H,4-5,12H2,1-3H3. The molecule has 3 nitrogen and oxygen atoms in total. The number of rotatable bonds is 5. The number of nitrogens with zero attached hydrogens (tertiary/aromatic N) is 2. The molecule has 0 fully saturated rings. The molecule has 0 spiro atoms. The van der Waals surface area contributed by atoms with E-state index in [1.807, 2.05) is 12.1 Å². The number of benzene rings is 1. The van der Waals surface area contributed by atoms with Crippen LogP contribution in [0.4, 0.5) is 0 Å². The summed E-state index contributed by atoms with van der Waals surface area (Å²) in [6.07, 6.45) is 2.26. The molecule has 1 aliphatic heterocycles. The van der Waals surface area contributed by atoms with Crippen molar-refractivity contribution in [2.45, 2.75) is 19.9 Å². The largest absolute Gasteiger partial charge is 0.497 e. The van der Waals surface area contributed by atoms with Crippen LogP contribution in [0, 0.1) is 17.2 Å². The van der Waals surface area contributed by atoms with Crippen molar-refractivity contribution in [2.75, 3.05) is 26.0 Å². The molecule has 21 heavy (non-hydrogen) atoms. The Morgan fingerprint density at radius 3 is 2.48 bits per heavy atom. The normalized spacial score (nSPS) is 21.8. The zero-order valence-electron chi connectivity index (χ0n) is 12.9. The van der Waals surface area contributed by atoms with Gasteiger partial charge in [-0.15, -0.1) is 11.8 Å². The summed E-state index contributed by atoms with van der Waals surface area (Å²) in [5.74, 6) is 1.79. The molecule has 2 rings (SSSR count). The third-order valence-corrected chi connectivity index (χ3v) is 5.14. The van der Waals surface area contributed by atoms with Crippen molar-refractivity contribution < 1.29 is 4.74 Å². The Bertz CT molecular complexity index is 529. The van der Waals surface area contributed by atoms with Crippen LogP contribution in [-0.4, -0.2) is 36.9 Å². The van der Waals surface area contributed by atoms with Gasteiger partial charge in [0, 0.05) is 16.7 Å². The van der Waals surface area contributed by atoms with Crippen LogP contribution in [0.15, 0.2) is 30.3 Å². The van der Waals surface area contributed by atoms with Crippen molar-refractivity contribution in [1.29, 1.82) is 5.26 Å². The average Bonchev–Trinajstić information content (AvgIpc) is 2.56. The van der Waals surface area contributed by atoms with E-state index in [1.54, 1.807) is 18.9 Å². The van der Waals surface area contributed by atoms with Gasteiger partial charge in [-0.05, 0) is 30.8 Å². The predicted octanol–water partition coefficient (Wildman–Crippen LogP) is 3.63. The van der Waals surface area contributed by atoms with Gasteiger partial charge in [-0.25, -0.2) is 0 Å². The molecule has 4 heteroatoms. The number of nitriles is 1. The minimum Gasteiger partial charge on any atom is -0.497 e. The highest BCUT2D eigenvalue weighted by atomic mass is 32.2. The van der Waals surface area contributed by atoms with Crippen molar-refractivity contribution in [3.8, 4) is 11.8 Å². The van der Waals surface area contributed by atoms with Gasteiger partial charge in [-0.3, -0.25) is 4.90 Å². The van der Waals surface area contributed by atoms with Crippen LogP contribution in [-0.2, 0) is 0 Å². The molecule has 1 aromatic carbocycles. The molecule has 0 saturated heterocycles. The topological polar surface area (TPSA) is 36.3 Å². The Hall–Kier alpha value is -1.44. The van der Waals surface area contributed by atoms with Gasteiger partial charge in [0.25, 0.3) is 0 Å². The molecular weight excluding hydrogens is 280 g/mol. The monoisotopic (exact) mass is 302 g/mol. The van der Waals surface area contributed by atoms with E-state index in [2.05, 4.69) is 43.0 Å². The van der Waals surface area contributed by atoms with Gasteiger partial charge in [0.15, 0.2) is 0 Å². The van der Waals surface area contributed by atoms with Crippen LogP contribution < -0.4 is 4.74 Å². The highest BCUT2D eigenvalue weighted by molar-refractivity contribution is 8.08. The quantitative estimate of drug-likeness (QED) is 0.832. The zero-order valence-corrected chi connectivity index (χ0v) is 13.7. The fourth-order valence-electron chi connectivity index (χ4n) is 2.65. The molecule has 0 bridgehead atoms. The van der Waals surface area contributed by atoms with E-state index < -0.39 is 0 Å². The molecule has 112 valence electrons. The van der Waals surface area contributed by atoms with Crippen LogP contribution >= 0.6 is 11.8 Å². The van der Waals surface area contributed by atoms with E-state index in [-0.39, 0.29) is 12.0 Å². The summed E-state index contributed by atoms with van der Waals surface area (Å²) in [5.41, 5.74) is 1.20. The predicted molar refractivity (Wildman–Crippen MR) is 89.2 cm³/mol. The minimum atomic E-state index is 0.0666. The molecule has 0 amide bonds. The van der Waals surface area contributed by atoms with Gasteiger partial charge in [0.05, 0.1) is 19.1 Å². The van der Waals surface area contributed by atoms with Crippen LogP contribution in [0.25, 0.3) is 4.91 Å². The molecule has 0 radical (unpaired) electrons. The van der Waals surface area contributed by atoms with Crippen molar-refractivity contribution >= 4 is 16.7 Å². The number of methoxy groups -OCH3 is 1. The van der Waals surface area contributed by atoms with Crippen molar-refractivity contribution in [1.82, 2.24) is 4.90 Å². The van der Waals surface area contributed by atoms with Gasteiger partial charge < -0.3 is 4.74 Å². The maximum atomic E-state index is 9.39. The van der Waals surface area contributed by atoms with E-state index in [9.17, 15) is 5.26 Å². The number of hydrogen-bond acceptors (Lipinski definition) is 4. The molecule has 2 atom stereocenters. The maximum Gasteiger partial charge on any atom is 0.118 e. The lowest BCUT2D eigenvalue weighted by atomic mass is 9.99. The van der Waals surface area contributed by atoms with Gasteiger partial charge in [-0.2, -0.15) is 5.26 Å². The van der Waals surface area contributed by atoms with E-state index in [1.165, 1.54) is 10.5 Å². The molecule has 0 N–H and O–H groups in total. The molecule has 1 aliphatic rings. The summed E-state index contributed by atoms with van der Waals surface area (Å²) in [6.45, 7) is 6.24. The Morgan fingerprint density at radius 2 is 1.95 bits per heavy atom. The first-order valence-electron chi connectivity index (χ1n) is 7.36. The first-order chi connectivity index (χ1) is 10.2. The first-order valence-corrected chi connectivity index (χ1v) is 8.34. The summed E-state index contributed by atoms with van der Waals surface area (Å²) >= 11 is 1.78. The lowest BCUT2D eigenvalue weighted by molar-refractivity contribution is 0.225. The molecule has 2 unspecified atom stereocenters. The van der Waals surface area contributed by atoms with Crippen LogP contribution in [0.3, 0.4) is 0 Å². The fourth-order valence-corrected chi connectivity index (χ4v) is 3.82. The smallest absolute Gasteiger partial charge is 0.118 e. The lowest BCUT2D eigenvalue weighted by Gasteiger charge is -2.34. The second-order valence-corrected chi connectivity index (χ2v) is 6.08. The summed E-state index contributed by atoms with van der Waals surface area (Å²) < 4.78 is 5.21. The van der Waals surface area contributed by atoms with E-state index in [4.69, 9.17) is 4.74 Å². The Labute approximate surface area is 131 Å². The van der Waals surface area contributed by atoms with Crippen LogP contribution in [0.5, 0.6) is 5.75 Å². The summed E-state index contributed by atoms with van der Waals surface area (Å²) in [5, 5.41) is 9.39. The van der Waals surface area contributed by atoms with Gasteiger partial charge in [0.2, 0.25) is 0 Å². The Morgan fingerprint density at radius 1 is 1.29 bits per heavy atom. The summed E-state index contributed by atoms with van der Waals surface area (Å²) in [4.78, 5) is 3.62.